The highest BCUT2D eigenvalue weighted by Gasteiger charge is 2.24. The zero-order valence-corrected chi connectivity index (χ0v) is 18.6. The fourth-order valence-corrected chi connectivity index (χ4v) is 4.45. The molecule has 0 aliphatic rings. The standard InChI is InChI=1S/C19H18Cl3N3O2S/c1-24(2)6-7-25(18(26)11-8-12(20)10-13(21)9-11)19-23-16-15(27-3)5-4-14(22)17(16)28-19/h4-5,8-10H,6-7H2,1-3H3. The number of fused-ring (bicyclic) bond motifs is 1. The van der Waals surface area contributed by atoms with Gasteiger partial charge in [0.1, 0.15) is 11.3 Å². The van der Waals surface area contributed by atoms with E-state index in [0.717, 1.165) is 4.70 Å². The van der Waals surface area contributed by atoms with Gasteiger partial charge in [-0.1, -0.05) is 46.1 Å². The second-order valence-corrected chi connectivity index (χ2v) is 8.60. The predicted octanol–water partition coefficient (Wildman–Crippen LogP) is 5.47. The monoisotopic (exact) mass is 457 g/mol. The van der Waals surface area contributed by atoms with Crippen LogP contribution in [0.2, 0.25) is 15.1 Å². The van der Waals surface area contributed by atoms with Gasteiger partial charge < -0.3 is 9.64 Å². The summed E-state index contributed by atoms with van der Waals surface area (Å²) in [4.78, 5) is 21.5. The van der Waals surface area contributed by atoms with Crippen LogP contribution in [-0.2, 0) is 0 Å². The molecule has 5 nitrogen and oxygen atoms in total. The number of likely N-dealkylation sites (N-methyl/N-ethyl adjacent to an activating group) is 1. The van der Waals surface area contributed by atoms with Gasteiger partial charge in [0, 0.05) is 28.7 Å². The normalized spacial score (nSPS) is 11.2. The summed E-state index contributed by atoms with van der Waals surface area (Å²) < 4.78 is 6.16. The van der Waals surface area contributed by atoms with Crippen molar-refractivity contribution in [2.24, 2.45) is 0 Å². The van der Waals surface area contributed by atoms with E-state index in [0.29, 0.717) is 50.1 Å². The molecule has 0 radical (unpaired) electrons. The Hall–Kier alpha value is -1.57. The lowest BCUT2D eigenvalue weighted by atomic mass is 10.2. The number of carbonyl (C=O) groups excluding carboxylic acids is 1. The average molecular weight is 459 g/mol. The summed E-state index contributed by atoms with van der Waals surface area (Å²) in [6.45, 7) is 1.09. The van der Waals surface area contributed by atoms with Gasteiger partial charge in [-0.15, -0.1) is 0 Å². The van der Waals surface area contributed by atoms with Crippen LogP contribution in [0, 0.1) is 0 Å². The van der Waals surface area contributed by atoms with Gasteiger partial charge in [-0.3, -0.25) is 9.69 Å². The van der Waals surface area contributed by atoms with Crippen LogP contribution >= 0.6 is 46.1 Å². The summed E-state index contributed by atoms with van der Waals surface area (Å²) in [5, 5.41) is 1.89. The van der Waals surface area contributed by atoms with Crippen molar-refractivity contribution in [2.45, 2.75) is 0 Å². The van der Waals surface area contributed by atoms with E-state index < -0.39 is 0 Å². The number of anilines is 1. The van der Waals surface area contributed by atoms with Crippen LogP contribution in [0.5, 0.6) is 5.75 Å². The molecule has 1 heterocycles. The molecule has 1 aromatic heterocycles. The number of ether oxygens (including phenoxy) is 1. The van der Waals surface area contributed by atoms with E-state index >= 15 is 0 Å². The SMILES string of the molecule is COc1ccc(Cl)c2sc(N(CCN(C)C)C(=O)c3cc(Cl)cc(Cl)c3)nc12. The molecule has 0 unspecified atom stereocenters. The third-order valence-corrected chi connectivity index (χ3v) is 6.00. The topological polar surface area (TPSA) is 45.7 Å². The average Bonchev–Trinajstić information content (AvgIpc) is 3.07. The minimum absolute atomic E-state index is 0.236. The second kappa shape index (κ2) is 8.84. The Morgan fingerprint density at radius 2 is 1.79 bits per heavy atom. The molecule has 0 atom stereocenters. The quantitative estimate of drug-likeness (QED) is 0.491. The number of nitrogens with zero attached hydrogens (tertiary/aromatic N) is 3. The lowest BCUT2D eigenvalue weighted by Crippen LogP contribution is -2.36. The van der Waals surface area contributed by atoms with Gasteiger partial charge in [0.15, 0.2) is 5.13 Å². The number of benzene rings is 2. The molecule has 0 spiro atoms. The highest BCUT2D eigenvalue weighted by molar-refractivity contribution is 7.23. The summed E-state index contributed by atoms with van der Waals surface area (Å²) in [6.07, 6.45) is 0. The largest absolute Gasteiger partial charge is 0.494 e. The molecular formula is C19H18Cl3N3O2S. The zero-order valence-electron chi connectivity index (χ0n) is 15.5. The molecule has 1 amide bonds. The second-order valence-electron chi connectivity index (χ2n) is 6.34. The Morgan fingerprint density at radius 3 is 2.39 bits per heavy atom. The summed E-state index contributed by atoms with van der Waals surface area (Å²) in [6, 6.07) is 8.30. The van der Waals surface area contributed by atoms with Crippen molar-refractivity contribution in [1.82, 2.24) is 9.88 Å². The van der Waals surface area contributed by atoms with Gasteiger partial charge in [-0.05, 0) is 44.4 Å². The highest BCUT2D eigenvalue weighted by atomic mass is 35.5. The third-order valence-electron chi connectivity index (χ3n) is 4.02. The number of aromatic nitrogens is 1. The lowest BCUT2D eigenvalue weighted by molar-refractivity contribution is 0.0985. The molecule has 0 fully saturated rings. The Balaban J connectivity index is 2.08. The number of amides is 1. The molecule has 0 bridgehead atoms. The molecule has 0 aliphatic heterocycles. The van der Waals surface area contributed by atoms with E-state index in [1.165, 1.54) is 11.3 Å². The number of rotatable bonds is 6. The Bertz CT molecular complexity index is 1000. The van der Waals surface area contributed by atoms with Crippen molar-refractivity contribution in [3.63, 3.8) is 0 Å². The third kappa shape index (κ3) is 4.53. The fraction of sp³-hybridized carbons (Fsp3) is 0.263. The van der Waals surface area contributed by atoms with E-state index in [9.17, 15) is 4.79 Å². The molecule has 0 saturated carbocycles. The van der Waals surface area contributed by atoms with E-state index in [1.807, 2.05) is 19.0 Å². The molecular weight excluding hydrogens is 441 g/mol. The molecule has 3 aromatic rings. The summed E-state index contributed by atoms with van der Waals surface area (Å²) in [5.74, 6) is 0.369. The van der Waals surface area contributed by atoms with Crippen LogP contribution in [0.25, 0.3) is 10.2 Å². The van der Waals surface area contributed by atoms with Gasteiger partial charge in [0.25, 0.3) is 5.91 Å². The molecule has 2 aromatic carbocycles. The molecule has 148 valence electrons. The van der Waals surface area contributed by atoms with Crippen LogP contribution in [0.1, 0.15) is 10.4 Å². The fourth-order valence-electron chi connectivity index (χ4n) is 2.64. The first-order chi connectivity index (χ1) is 13.3. The Kier molecular flexibility index (Phi) is 6.68. The van der Waals surface area contributed by atoms with Crippen LogP contribution < -0.4 is 9.64 Å². The number of methoxy groups -OCH3 is 1. The first-order valence-corrected chi connectivity index (χ1v) is 10.3. The Morgan fingerprint density at radius 1 is 1.11 bits per heavy atom. The molecule has 0 N–H and O–H groups in total. The molecule has 0 aliphatic carbocycles. The maximum atomic E-state index is 13.3. The van der Waals surface area contributed by atoms with E-state index in [4.69, 9.17) is 39.5 Å². The van der Waals surface area contributed by atoms with Crippen LogP contribution in [0.4, 0.5) is 5.13 Å². The molecule has 28 heavy (non-hydrogen) atoms. The van der Waals surface area contributed by atoms with E-state index in [-0.39, 0.29) is 5.91 Å². The van der Waals surface area contributed by atoms with E-state index in [1.54, 1.807) is 42.3 Å². The number of hydrogen-bond donors (Lipinski definition) is 0. The highest BCUT2D eigenvalue weighted by Crippen LogP contribution is 2.39. The molecule has 0 saturated heterocycles. The van der Waals surface area contributed by atoms with Crippen LogP contribution in [0.3, 0.4) is 0 Å². The maximum Gasteiger partial charge on any atom is 0.260 e. The van der Waals surface area contributed by atoms with Crippen molar-refractivity contribution in [3.8, 4) is 5.75 Å². The smallest absolute Gasteiger partial charge is 0.260 e. The summed E-state index contributed by atoms with van der Waals surface area (Å²) >= 11 is 19.9. The number of halogens is 3. The van der Waals surface area contributed by atoms with Crippen LogP contribution in [-0.4, -0.2) is 50.1 Å². The summed E-state index contributed by atoms with van der Waals surface area (Å²) in [5.41, 5.74) is 1.02. The summed E-state index contributed by atoms with van der Waals surface area (Å²) in [7, 11) is 5.46. The number of thiazole rings is 1. The maximum absolute atomic E-state index is 13.3. The van der Waals surface area contributed by atoms with Gasteiger partial charge in [0.2, 0.25) is 0 Å². The predicted molar refractivity (Wildman–Crippen MR) is 118 cm³/mol. The lowest BCUT2D eigenvalue weighted by Gasteiger charge is -2.22. The van der Waals surface area contributed by atoms with Gasteiger partial charge in [-0.25, -0.2) is 4.98 Å². The van der Waals surface area contributed by atoms with Crippen molar-refractivity contribution in [1.29, 1.82) is 0 Å². The molecule has 9 heteroatoms. The van der Waals surface area contributed by atoms with Crippen molar-refractivity contribution in [3.05, 3.63) is 51.0 Å². The molecule has 3 rings (SSSR count). The Labute approximate surface area is 182 Å². The van der Waals surface area contributed by atoms with Crippen molar-refractivity contribution in [2.75, 3.05) is 39.2 Å². The van der Waals surface area contributed by atoms with Gasteiger partial charge in [0.05, 0.1) is 16.8 Å². The van der Waals surface area contributed by atoms with Crippen LogP contribution in [0.15, 0.2) is 30.3 Å². The van der Waals surface area contributed by atoms with Crippen molar-refractivity contribution >= 4 is 67.4 Å². The first-order valence-electron chi connectivity index (χ1n) is 8.36. The first kappa shape index (κ1) is 21.1. The number of hydrogen-bond acceptors (Lipinski definition) is 5. The van der Waals surface area contributed by atoms with Crippen molar-refractivity contribution < 1.29 is 9.53 Å². The minimum atomic E-state index is -0.236. The zero-order chi connectivity index (χ0) is 20.4. The van der Waals surface area contributed by atoms with E-state index in [2.05, 4.69) is 4.98 Å². The number of carbonyl (C=O) groups is 1. The van der Waals surface area contributed by atoms with Gasteiger partial charge >= 0.3 is 0 Å². The van der Waals surface area contributed by atoms with Gasteiger partial charge in [-0.2, -0.15) is 0 Å². The minimum Gasteiger partial charge on any atom is -0.494 e.